The summed E-state index contributed by atoms with van der Waals surface area (Å²) in [6, 6.07) is -0.256. The number of rotatable bonds is 2. The van der Waals surface area contributed by atoms with Crippen LogP contribution in [0.3, 0.4) is 0 Å². The summed E-state index contributed by atoms with van der Waals surface area (Å²) in [5.74, 6) is 0. The van der Waals surface area contributed by atoms with Gasteiger partial charge in [0.05, 0.1) is 11.9 Å². The minimum absolute atomic E-state index is 0. The van der Waals surface area contributed by atoms with Gasteiger partial charge in [-0.2, -0.15) is 12.6 Å². The molecule has 0 aliphatic carbocycles. The standard InChI is InChI=1S/C6H13NO3S.ClH/c1-9-6-5(11)4(7)3(2-8)10-6;/h3-6,8,11H,2,7H2,1H3;1H/t3-,4-,5-,6+;/m1./s1. The van der Waals surface area contributed by atoms with Crippen molar-refractivity contribution in [1.29, 1.82) is 0 Å². The highest BCUT2D eigenvalue weighted by atomic mass is 35.5. The fourth-order valence-electron chi connectivity index (χ4n) is 1.10. The second-order valence-electron chi connectivity index (χ2n) is 2.53. The van der Waals surface area contributed by atoms with E-state index in [9.17, 15) is 0 Å². The minimum atomic E-state index is -0.398. The zero-order valence-electron chi connectivity index (χ0n) is 6.71. The molecule has 1 fully saturated rings. The lowest BCUT2D eigenvalue weighted by Gasteiger charge is -2.12. The Balaban J connectivity index is 0.00000121. The second kappa shape index (κ2) is 5.26. The first-order chi connectivity index (χ1) is 5.20. The molecule has 1 aliphatic rings. The number of nitrogens with two attached hydrogens (primary N) is 1. The van der Waals surface area contributed by atoms with Crippen molar-refractivity contribution in [3.8, 4) is 0 Å². The summed E-state index contributed by atoms with van der Waals surface area (Å²) in [5, 5.41) is 8.62. The van der Waals surface area contributed by atoms with Crippen molar-refractivity contribution >= 4 is 25.0 Å². The molecule has 0 unspecified atom stereocenters. The molecule has 0 aromatic heterocycles. The van der Waals surface area contributed by atoms with Gasteiger partial charge in [-0.25, -0.2) is 0 Å². The SMILES string of the molecule is CO[C@H]1O[C@H](CO)[C@@H](N)[C@H]1S.Cl. The van der Waals surface area contributed by atoms with Gasteiger partial charge in [-0.05, 0) is 0 Å². The lowest BCUT2D eigenvalue weighted by molar-refractivity contribution is -0.121. The Morgan fingerprint density at radius 1 is 1.67 bits per heavy atom. The van der Waals surface area contributed by atoms with Crippen LogP contribution in [-0.2, 0) is 9.47 Å². The van der Waals surface area contributed by atoms with Crippen molar-refractivity contribution in [3.05, 3.63) is 0 Å². The van der Waals surface area contributed by atoms with Crippen molar-refractivity contribution < 1.29 is 14.6 Å². The molecule has 0 spiro atoms. The summed E-state index contributed by atoms with van der Waals surface area (Å²) in [6.07, 6.45) is -0.743. The highest BCUT2D eigenvalue weighted by molar-refractivity contribution is 7.81. The molecule has 74 valence electrons. The van der Waals surface area contributed by atoms with Crippen molar-refractivity contribution in [1.82, 2.24) is 0 Å². The molecule has 0 aromatic rings. The van der Waals surface area contributed by atoms with Crippen LogP contribution in [0.15, 0.2) is 0 Å². The van der Waals surface area contributed by atoms with E-state index in [0.717, 1.165) is 0 Å². The van der Waals surface area contributed by atoms with Crippen LogP contribution in [0, 0.1) is 0 Å². The topological polar surface area (TPSA) is 64.7 Å². The summed E-state index contributed by atoms with van der Waals surface area (Å²) in [5.41, 5.74) is 5.66. The van der Waals surface area contributed by atoms with Crippen molar-refractivity contribution in [3.63, 3.8) is 0 Å². The van der Waals surface area contributed by atoms with E-state index < -0.39 is 6.29 Å². The maximum absolute atomic E-state index is 8.77. The van der Waals surface area contributed by atoms with Crippen LogP contribution in [0.2, 0.25) is 0 Å². The maximum atomic E-state index is 8.77. The Hall–Kier alpha value is 0.480. The molecule has 1 saturated heterocycles. The van der Waals surface area contributed by atoms with Crippen LogP contribution in [0.4, 0.5) is 0 Å². The van der Waals surface area contributed by atoms with E-state index in [0.29, 0.717) is 0 Å². The predicted molar refractivity (Wildman–Crippen MR) is 50.8 cm³/mol. The fraction of sp³-hybridized carbons (Fsp3) is 1.00. The van der Waals surface area contributed by atoms with Crippen LogP contribution in [-0.4, -0.2) is 42.5 Å². The first kappa shape index (κ1) is 12.5. The van der Waals surface area contributed by atoms with Gasteiger partial charge in [-0.1, -0.05) is 0 Å². The molecular weight excluding hydrogens is 202 g/mol. The normalized spacial score (nSPS) is 41.0. The van der Waals surface area contributed by atoms with Crippen LogP contribution in [0.1, 0.15) is 0 Å². The summed E-state index contributed by atoms with van der Waals surface area (Å²) in [6.45, 7) is -0.0852. The van der Waals surface area contributed by atoms with Gasteiger partial charge in [0.15, 0.2) is 6.29 Å². The second-order valence-corrected chi connectivity index (χ2v) is 3.13. The molecule has 6 heteroatoms. The van der Waals surface area contributed by atoms with Crippen molar-refractivity contribution in [2.75, 3.05) is 13.7 Å². The number of aliphatic hydroxyl groups excluding tert-OH is 1. The Morgan fingerprint density at radius 3 is 2.50 bits per heavy atom. The van der Waals surface area contributed by atoms with Gasteiger partial charge in [0, 0.05) is 13.2 Å². The van der Waals surface area contributed by atoms with E-state index in [4.69, 9.17) is 20.3 Å². The number of halogens is 1. The molecule has 3 N–H and O–H groups in total. The molecule has 0 bridgehead atoms. The molecule has 12 heavy (non-hydrogen) atoms. The maximum Gasteiger partial charge on any atom is 0.170 e. The highest BCUT2D eigenvalue weighted by Gasteiger charge is 2.40. The molecule has 4 nitrogen and oxygen atoms in total. The third-order valence-electron chi connectivity index (χ3n) is 1.82. The quantitative estimate of drug-likeness (QED) is 0.539. The summed E-state index contributed by atoms with van der Waals surface area (Å²) in [4.78, 5) is 0. The lowest BCUT2D eigenvalue weighted by Crippen LogP contribution is -2.39. The van der Waals surface area contributed by atoms with Gasteiger partial charge in [0.1, 0.15) is 6.10 Å². The predicted octanol–water partition coefficient (Wildman–Crippen LogP) is -0.602. The monoisotopic (exact) mass is 215 g/mol. The molecule has 4 atom stereocenters. The number of aliphatic hydroxyl groups is 1. The number of methoxy groups -OCH3 is 1. The van der Waals surface area contributed by atoms with E-state index >= 15 is 0 Å². The van der Waals surface area contributed by atoms with Crippen LogP contribution >= 0.6 is 25.0 Å². The van der Waals surface area contributed by atoms with Crippen LogP contribution < -0.4 is 5.73 Å². The molecule has 1 aliphatic heterocycles. The average Bonchev–Trinajstić information content (AvgIpc) is 2.30. The first-order valence-corrected chi connectivity index (χ1v) is 3.95. The molecule has 0 radical (unpaired) electrons. The zero-order chi connectivity index (χ0) is 8.43. The Labute approximate surface area is 83.2 Å². The largest absolute Gasteiger partial charge is 0.394 e. The number of thiol groups is 1. The van der Waals surface area contributed by atoms with Crippen LogP contribution in [0.25, 0.3) is 0 Å². The van der Waals surface area contributed by atoms with E-state index in [1.165, 1.54) is 7.11 Å². The molecule has 0 amide bonds. The third-order valence-corrected chi connectivity index (χ3v) is 2.41. The Bertz CT molecular complexity index is 122. The first-order valence-electron chi connectivity index (χ1n) is 3.43. The Morgan fingerprint density at radius 2 is 2.25 bits per heavy atom. The van der Waals surface area contributed by atoms with E-state index in [1.54, 1.807) is 0 Å². The van der Waals surface area contributed by atoms with Gasteiger partial charge in [-0.3, -0.25) is 0 Å². The molecule has 0 saturated carbocycles. The van der Waals surface area contributed by atoms with Crippen molar-refractivity contribution in [2.24, 2.45) is 5.73 Å². The van der Waals surface area contributed by atoms with E-state index in [2.05, 4.69) is 12.6 Å². The van der Waals surface area contributed by atoms with E-state index in [1.807, 2.05) is 0 Å². The van der Waals surface area contributed by atoms with Gasteiger partial charge < -0.3 is 20.3 Å². The summed E-state index contributed by atoms with van der Waals surface area (Å²) >= 11 is 4.19. The number of ether oxygens (including phenoxy) is 2. The average molecular weight is 216 g/mol. The lowest BCUT2D eigenvalue weighted by atomic mass is 10.1. The Kier molecular flexibility index (Phi) is 5.47. The van der Waals surface area contributed by atoms with Crippen molar-refractivity contribution in [2.45, 2.75) is 23.7 Å². The van der Waals surface area contributed by atoms with Gasteiger partial charge >= 0.3 is 0 Å². The molecular formula is C6H14ClNO3S. The van der Waals surface area contributed by atoms with E-state index in [-0.39, 0.29) is 36.4 Å². The molecule has 1 heterocycles. The number of hydrogen-bond acceptors (Lipinski definition) is 5. The van der Waals surface area contributed by atoms with Gasteiger partial charge in [0.25, 0.3) is 0 Å². The zero-order valence-corrected chi connectivity index (χ0v) is 8.42. The van der Waals surface area contributed by atoms with Gasteiger partial charge in [0.2, 0.25) is 0 Å². The summed E-state index contributed by atoms with van der Waals surface area (Å²) in [7, 11) is 1.53. The number of hydrogen-bond donors (Lipinski definition) is 3. The van der Waals surface area contributed by atoms with Gasteiger partial charge in [-0.15, -0.1) is 12.4 Å². The molecule has 1 rings (SSSR count). The van der Waals surface area contributed by atoms with Crippen LogP contribution in [0.5, 0.6) is 0 Å². The highest BCUT2D eigenvalue weighted by Crippen LogP contribution is 2.23. The fourth-order valence-corrected chi connectivity index (χ4v) is 1.49. The minimum Gasteiger partial charge on any atom is -0.394 e. The molecule has 0 aromatic carbocycles. The third kappa shape index (κ3) is 2.25. The summed E-state index contributed by atoms with van der Waals surface area (Å²) < 4.78 is 10.1. The smallest absolute Gasteiger partial charge is 0.170 e.